The van der Waals surface area contributed by atoms with Crippen LogP contribution < -0.4 is 5.32 Å². The van der Waals surface area contributed by atoms with E-state index in [1.54, 1.807) is 13.0 Å². The molecular weight excluding hydrogens is 264 g/mol. The third-order valence-corrected chi connectivity index (χ3v) is 6.11. The first-order valence-corrected chi connectivity index (χ1v) is 8.07. The van der Waals surface area contributed by atoms with Crippen LogP contribution in [-0.4, -0.2) is 11.0 Å². The van der Waals surface area contributed by atoms with Gasteiger partial charge in [0, 0.05) is 23.7 Å². The number of benzene rings is 1. The zero-order chi connectivity index (χ0) is 14.7. The molecule has 0 saturated heterocycles. The molecule has 0 aliphatic heterocycles. The summed E-state index contributed by atoms with van der Waals surface area (Å²) in [5.74, 6) is 3.70. The fourth-order valence-electron chi connectivity index (χ4n) is 5.03. The minimum Gasteiger partial charge on any atom is -0.307 e. The summed E-state index contributed by atoms with van der Waals surface area (Å²) in [4.78, 5) is 10.8. The Morgan fingerprint density at radius 1 is 1.29 bits per heavy atom. The highest BCUT2D eigenvalue weighted by Crippen LogP contribution is 2.65. The highest BCUT2D eigenvalue weighted by atomic mass is 16.6. The van der Waals surface area contributed by atoms with Crippen LogP contribution in [0, 0.1) is 40.7 Å². The summed E-state index contributed by atoms with van der Waals surface area (Å²) < 4.78 is 0. The van der Waals surface area contributed by atoms with E-state index >= 15 is 0 Å². The molecule has 0 amide bonds. The lowest BCUT2D eigenvalue weighted by Gasteiger charge is -2.17. The summed E-state index contributed by atoms with van der Waals surface area (Å²) in [6.45, 7) is 3.92. The average Bonchev–Trinajstić information content (AvgIpc) is 2.83. The number of aryl methyl sites for hydroxylation is 1. The topological polar surface area (TPSA) is 55.2 Å². The van der Waals surface area contributed by atoms with Gasteiger partial charge in [-0.15, -0.1) is 0 Å². The molecule has 4 heteroatoms. The number of nitro benzene ring substituents is 1. The second-order valence-corrected chi connectivity index (χ2v) is 7.21. The van der Waals surface area contributed by atoms with Crippen LogP contribution in [0.2, 0.25) is 0 Å². The molecule has 1 aromatic carbocycles. The van der Waals surface area contributed by atoms with Crippen molar-refractivity contribution in [1.82, 2.24) is 5.32 Å². The lowest BCUT2D eigenvalue weighted by Crippen LogP contribution is -2.26. The predicted octanol–water partition coefficient (Wildman–Crippen LogP) is 3.60. The molecule has 0 radical (unpaired) electrons. The summed E-state index contributed by atoms with van der Waals surface area (Å²) in [6.07, 6.45) is 4.31. The zero-order valence-corrected chi connectivity index (χ0v) is 12.6. The molecule has 0 spiro atoms. The fourth-order valence-corrected chi connectivity index (χ4v) is 5.03. The first kappa shape index (κ1) is 13.3. The molecule has 3 aliphatic carbocycles. The van der Waals surface area contributed by atoms with Gasteiger partial charge in [0.25, 0.3) is 5.69 Å². The SMILES string of the molecule is Cc1ccc(C(C)NC2C3C4CCC(C4)C23)cc1[N+](=O)[O-]. The Balaban J connectivity index is 1.48. The van der Waals surface area contributed by atoms with Crippen LogP contribution in [0.3, 0.4) is 0 Å². The van der Waals surface area contributed by atoms with Gasteiger partial charge < -0.3 is 5.32 Å². The van der Waals surface area contributed by atoms with Gasteiger partial charge in [-0.3, -0.25) is 10.1 Å². The number of hydrogen-bond donors (Lipinski definition) is 1. The van der Waals surface area contributed by atoms with Gasteiger partial charge in [-0.05, 0) is 62.3 Å². The van der Waals surface area contributed by atoms with E-state index in [1.165, 1.54) is 19.3 Å². The maximum Gasteiger partial charge on any atom is 0.272 e. The summed E-state index contributed by atoms with van der Waals surface area (Å²) in [5, 5.41) is 14.8. The van der Waals surface area contributed by atoms with Crippen LogP contribution in [0.25, 0.3) is 0 Å². The standard InChI is InChI=1S/C17H22N2O2/c1-9-3-4-11(8-14(9)19(20)21)10(2)18-17-15-12-5-6-13(7-12)16(15)17/h3-4,8,10,12-13,15-18H,5-7H2,1-2H3. The van der Waals surface area contributed by atoms with E-state index in [0.717, 1.165) is 34.8 Å². The third-order valence-electron chi connectivity index (χ3n) is 6.11. The maximum absolute atomic E-state index is 11.1. The number of nitro groups is 1. The van der Waals surface area contributed by atoms with Crippen LogP contribution in [0.4, 0.5) is 5.69 Å². The number of fused-ring (bicyclic) bond motifs is 5. The fraction of sp³-hybridized carbons (Fsp3) is 0.647. The van der Waals surface area contributed by atoms with Crippen LogP contribution >= 0.6 is 0 Å². The molecule has 0 heterocycles. The highest BCUT2D eigenvalue weighted by Gasteiger charge is 2.64. The first-order chi connectivity index (χ1) is 10.1. The van der Waals surface area contributed by atoms with Crippen molar-refractivity contribution in [2.45, 2.75) is 45.2 Å². The molecule has 4 rings (SSSR count). The number of nitrogens with one attached hydrogen (secondary N) is 1. The number of hydrogen-bond acceptors (Lipinski definition) is 3. The Labute approximate surface area is 125 Å². The van der Waals surface area contributed by atoms with E-state index in [4.69, 9.17) is 0 Å². The Kier molecular flexibility index (Phi) is 2.86. The quantitative estimate of drug-likeness (QED) is 0.679. The summed E-state index contributed by atoms with van der Waals surface area (Å²) in [6, 6.07) is 6.47. The van der Waals surface area contributed by atoms with Crippen LogP contribution in [-0.2, 0) is 0 Å². The average molecular weight is 286 g/mol. The van der Waals surface area contributed by atoms with Crippen molar-refractivity contribution in [2.75, 3.05) is 0 Å². The molecule has 1 aromatic rings. The lowest BCUT2D eigenvalue weighted by atomic mass is 10.0. The normalized spacial score (nSPS) is 37.3. The smallest absolute Gasteiger partial charge is 0.272 e. The van der Waals surface area contributed by atoms with E-state index in [-0.39, 0.29) is 16.7 Å². The molecule has 5 atom stereocenters. The maximum atomic E-state index is 11.1. The van der Waals surface area contributed by atoms with Gasteiger partial charge in [-0.1, -0.05) is 12.1 Å². The summed E-state index contributed by atoms with van der Waals surface area (Å²) in [7, 11) is 0. The Morgan fingerprint density at radius 3 is 2.57 bits per heavy atom. The van der Waals surface area contributed by atoms with Crippen molar-refractivity contribution >= 4 is 5.69 Å². The van der Waals surface area contributed by atoms with Crippen molar-refractivity contribution < 1.29 is 4.92 Å². The molecule has 21 heavy (non-hydrogen) atoms. The minimum absolute atomic E-state index is 0.194. The number of rotatable bonds is 4. The van der Waals surface area contributed by atoms with Crippen molar-refractivity contribution in [2.24, 2.45) is 23.7 Å². The van der Waals surface area contributed by atoms with E-state index in [1.807, 2.05) is 12.1 Å². The van der Waals surface area contributed by atoms with Crippen LogP contribution in [0.1, 0.15) is 43.4 Å². The predicted molar refractivity (Wildman–Crippen MR) is 81.0 cm³/mol. The van der Waals surface area contributed by atoms with Gasteiger partial charge in [0.15, 0.2) is 0 Å². The second-order valence-electron chi connectivity index (χ2n) is 7.21. The second kappa shape index (κ2) is 4.54. The van der Waals surface area contributed by atoms with E-state index < -0.39 is 0 Å². The van der Waals surface area contributed by atoms with Gasteiger partial charge in [-0.25, -0.2) is 0 Å². The lowest BCUT2D eigenvalue weighted by molar-refractivity contribution is -0.385. The van der Waals surface area contributed by atoms with Gasteiger partial charge in [0.1, 0.15) is 0 Å². The van der Waals surface area contributed by atoms with Gasteiger partial charge in [0.2, 0.25) is 0 Å². The van der Waals surface area contributed by atoms with E-state index in [2.05, 4.69) is 12.2 Å². The molecule has 4 nitrogen and oxygen atoms in total. The molecule has 3 fully saturated rings. The zero-order valence-electron chi connectivity index (χ0n) is 12.6. The molecule has 0 aromatic heterocycles. The Morgan fingerprint density at radius 2 is 1.95 bits per heavy atom. The monoisotopic (exact) mass is 286 g/mol. The van der Waals surface area contributed by atoms with Gasteiger partial charge in [0.05, 0.1) is 4.92 Å². The number of nitrogens with zero attached hydrogens (tertiary/aromatic N) is 1. The molecule has 112 valence electrons. The minimum atomic E-state index is -0.280. The molecule has 5 unspecified atom stereocenters. The van der Waals surface area contributed by atoms with Crippen LogP contribution in [0.15, 0.2) is 18.2 Å². The van der Waals surface area contributed by atoms with E-state index in [0.29, 0.717) is 6.04 Å². The molecule has 1 N–H and O–H groups in total. The third kappa shape index (κ3) is 2.00. The molecule has 3 saturated carbocycles. The van der Waals surface area contributed by atoms with Crippen molar-refractivity contribution in [3.05, 3.63) is 39.4 Å². The highest BCUT2D eigenvalue weighted by molar-refractivity contribution is 5.43. The molecular formula is C17H22N2O2. The van der Waals surface area contributed by atoms with Gasteiger partial charge >= 0.3 is 0 Å². The van der Waals surface area contributed by atoms with Crippen molar-refractivity contribution in [3.63, 3.8) is 0 Å². The van der Waals surface area contributed by atoms with Crippen molar-refractivity contribution in [1.29, 1.82) is 0 Å². The van der Waals surface area contributed by atoms with Gasteiger partial charge in [-0.2, -0.15) is 0 Å². The van der Waals surface area contributed by atoms with E-state index in [9.17, 15) is 10.1 Å². The summed E-state index contributed by atoms with van der Waals surface area (Å²) >= 11 is 0. The summed E-state index contributed by atoms with van der Waals surface area (Å²) in [5.41, 5.74) is 2.00. The van der Waals surface area contributed by atoms with Crippen LogP contribution in [0.5, 0.6) is 0 Å². The molecule has 3 aliphatic rings. The molecule has 2 bridgehead atoms. The Hall–Kier alpha value is -1.42. The van der Waals surface area contributed by atoms with Crippen molar-refractivity contribution in [3.8, 4) is 0 Å². The first-order valence-electron chi connectivity index (χ1n) is 8.07. The largest absolute Gasteiger partial charge is 0.307 e. The Bertz CT molecular complexity index is 584.